The van der Waals surface area contributed by atoms with Crippen molar-refractivity contribution in [1.82, 2.24) is 15.1 Å². The van der Waals surface area contributed by atoms with Crippen LogP contribution in [0.5, 0.6) is 0 Å². The van der Waals surface area contributed by atoms with Crippen molar-refractivity contribution in [3.8, 4) is 0 Å². The number of nitrogens with zero attached hydrogens (tertiary/aromatic N) is 2. The number of ether oxygens (including phenoxy) is 1. The minimum atomic E-state index is -0.160. The molecule has 0 spiro atoms. The van der Waals surface area contributed by atoms with Crippen molar-refractivity contribution >= 4 is 11.7 Å². The van der Waals surface area contributed by atoms with Gasteiger partial charge >= 0.3 is 6.03 Å². The molecule has 25 heavy (non-hydrogen) atoms. The zero-order valence-corrected chi connectivity index (χ0v) is 15.9. The van der Waals surface area contributed by atoms with Crippen molar-refractivity contribution in [1.29, 1.82) is 0 Å². The van der Waals surface area contributed by atoms with Gasteiger partial charge in [0.15, 0.2) is 0 Å². The van der Waals surface area contributed by atoms with Crippen molar-refractivity contribution < 1.29 is 9.53 Å². The zero-order valence-electron chi connectivity index (χ0n) is 15.9. The number of carbonyl (C=O) groups is 1. The van der Waals surface area contributed by atoms with Crippen LogP contribution in [0.3, 0.4) is 0 Å². The molecule has 2 N–H and O–H groups in total. The van der Waals surface area contributed by atoms with Crippen LogP contribution in [-0.2, 0) is 4.74 Å². The highest BCUT2D eigenvalue weighted by Gasteiger charge is 2.16. The molecule has 1 fully saturated rings. The molecule has 0 bridgehead atoms. The van der Waals surface area contributed by atoms with E-state index in [1.807, 2.05) is 31.2 Å². The molecular formula is C19H32N4O2. The number of rotatable bonds is 7. The molecule has 1 aliphatic heterocycles. The second-order valence-corrected chi connectivity index (χ2v) is 7.05. The summed E-state index contributed by atoms with van der Waals surface area (Å²) < 4.78 is 5.32. The standard InChI is InChI=1S/C19H32N4O2/c1-15(14-23-10-8-22(3)9-11-23)13-20-19(24)21-18-7-5-6-17(12-18)16(2)25-4/h5-7,12,15-16H,8-11,13-14H2,1-4H3,(H2,20,21,24)/t15-,16+/m1/s1. The quantitative estimate of drug-likeness (QED) is 0.794. The van der Waals surface area contributed by atoms with E-state index in [0.717, 1.165) is 44.0 Å². The summed E-state index contributed by atoms with van der Waals surface area (Å²) in [5.41, 5.74) is 1.83. The van der Waals surface area contributed by atoms with Crippen LogP contribution in [0, 0.1) is 5.92 Å². The number of anilines is 1. The largest absolute Gasteiger partial charge is 0.377 e. The average molecular weight is 348 g/mol. The maximum absolute atomic E-state index is 12.1. The predicted molar refractivity (Wildman–Crippen MR) is 102 cm³/mol. The number of hydrogen-bond acceptors (Lipinski definition) is 4. The first-order valence-electron chi connectivity index (χ1n) is 9.06. The van der Waals surface area contributed by atoms with Crippen molar-refractivity contribution in [3.63, 3.8) is 0 Å². The van der Waals surface area contributed by atoms with Crippen LogP contribution in [0.1, 0.15) is 25.5 Å². The molecule has 2 atom stereocenters. The second-order valence-electron chi connectivity index (χ2n) is 7.05. The highest BCUT2D eigenvalue weighted by atomic mass is 16.5. The van der Waals surface area contributed by atoms with E-state index in [4.69, 9.17) is 4.74 Å². The van der Waals surface area contributed by atoms with Gasteiger partial charge in [0.2, 0.25) is 0 Å². The summed E-state index contributed by atoms with van der Waals surface area (Å²) in [7, 11) is 3.84. The molecule has 6 heteroatoms. The minimum absolute atomic E-state index is 0.00780. The van der Waals surface area contributed by atoms with E-state index in [1.165, 1.54) is 0 Å². The van der Waals surface area contributed by atoms with Crippen LogP contribution < -0.4 is 10.6 Å². The van der Waals surface area contributed by atoms with E-state index < -0.39 is 0 Å². The third-order valence-corrected chi connectivity index (χ3v) is 4.74. The monoisotopic (exact) mass is 348 g/mol. The number of hydrogen-bond donors (Lipinski definition) is 2. The first-order valence-corrected chi connectivity index (χ1v) is 9.06. The number of amides is 2. The molecule has 0 saturated carbocycles. The van der Waals surface area contributed by atoms with Crippen molar-refractivity contribution in [2.45, 2.75) is 20.0 Å². The molecule has 1 aromatic carbocycles. The van der Waals surface area contributed by atoms with Gasteiger partial charge in [0, 0.05) is 52.1 Å². The zero-order chi connectivity index (χ0) is 18.2. The Morgan fingerprint density at radius 3 is 2.64 bits per heavy atom. The fourth-order valence-corrected chi connectivity index (χ4v) is 2.98. The smallest absolute Gasteiger partial charge is 0.319 e. The van der Waals surface area contributed by atoms with Gasteiger partial charge in [-0.05, 0) is 37.6 Å². The maximum Gasteiger partial charge on any atom is 0.319 e. The van der Waals surface area contributed by atoms with E-state index >= 15 is 0 Å². The van der Waals surface area contributed by atoms with Crippen LogP contribution in [0.4, 0.5) is 10.5 Å². The first-order chi connectivity index (χ1) is 12.0. The Labute approximate surface area is 151 Å². The molecule has 2 rings (SSSR count). The molecular weight excluding hydrogens is 316 g/mol. The Balaban J connectivity index is 1.73. The highest BCUT2D eigenvalue weighted by molar-refractivity contribution is 5.89. The average Bonchev–Trinajstić information content (AvgIpc) is 2.61. The summed E-state index contributed by atoms with van der Waals surface area (Å²) in [6.45, 7) is 10.3. The highest BCUT2D eigenvalue weighted by Crippen LogP contribution is 2.19. The summed E-state index contributed by atoms with van der Waals surface area (Å²) >= 11 is 0. The van der Waals surface area contributed by atoms with Gasteiger partial charge < -0.3 is 25.2 Å². The summed E-state index contributed by atoms with van der Waals surface area (Å²) in [6, 6.07) is 7.60. The third kappa shape index (κ3) is 6.65. The molecule has 0 radical (unpaired) electrons. The molecule has 0 aliphatic carbocycles. The van der Waals surface area contributed by atoms with Gasteiger partial charge in [0.1, 0.15) is 0 Å². The van der Waals surface area contributed by atoms with E-state index in [0.29, 0.717) is 12.5 Å². The lowest BCUT2D eigenvalue weighted by Gasteiger charge is -2.33. The molecule has 140 valence electrons. The predicted octanol–water partition coefficient (Wildman–Crippen LogP) is 2.40. The van der Waals surface area contributed by atoms with Gasteiger partial charge in [-0.2, -0.15) is 0 Å². The Kier molecular flexibility index (Phi) is 7.68. The first kappa shape index (κ1) is 19.7. The molecule has 0 unspecified atom stereocenters. The minimum Gasteiger partial charge on any atom is -0.377 e. The topological polar surface area (TPSA) is 56.8 Å². The Hall–Kier alpha value is -1.63. The van der Waals surface area contributed by atoms with Crippen molar-refractivity contribution in [2.75, 3.05) is 58.7 Å². The summed E-state index contributed by atoms with van der Waals surface area (Å²) in [4.78, 5) is 17.0. The Morgan fingerprint density at radius 1 is 1.24 bits per heavy atom. The summed E-state index contributed by atoms with van der Waals surface area (Å²) in [5.74, 6) is 0.425. The summed E-state index contributed by atoms with van der Waals surface area (Å²) in [5, 5.41) is 5.87. The summed E-state index contributed by atoms with van der Waals surface area (Å²) in [6.07, 6.45) is 0.00780. The molecule has 1 heterocycles. The van der Waals surface area contributed by atoms with E-state index in [9.17, 15) is 4.79 Å². The SMILES string of the molecule is CO[C@@H](C)c1cccc(NC(=O)NC[C@@H](C)CN2CCN(C)CC2)c1. The number of nitrogens with one attached hydrogen (secondary N) is 2. The number of likely N-dealkylation sites (N-methyl/N-ethyl adjacent to an activating group) is 1. The fraction of sp³-hybridized carbons (Fsp3) is 0.632. The van der Waals surface area contributed by atoms with Gasteiger partial charge in [-0.15, -0.1) is 0 Å². The van der Waals surface area contributed by atoms with Crippen LogP contribution in [-0.4, -0.2) is 69.3 Å². The number of benzene rings is 1. The maximum atomic E-state index is 12.1. The number of carbonyl (C=O) groups excluding carboxylic acids is 1. The van der Waals surface area contributed by atoms with Crippen LogP contribution >= 0.6 is 0 Å². The van der Waals surface area contributed by atoms with E-state index in [1.54, 1.807) is 7.11 Å². The number of methoxy groups -OCH3 is 1. The van der Waals surface area contributed by atoms with E-state index in [-0.39, 0.29) is 12.1 Å². The van der Waals surface area contributed by atoms with Crippen molar-refractivity contribution in [2.24, 2.45) is 5.92 Å². The van der Waals surface area contributed by atoms with Gasteiger partial charge in [-0.25, -0.2) is 4.79 Å². The number of piperazine rings is 1. The van der Waals surface area contributed by atoms with Crippen LogP contribution in [0.15, 0.2) is 24.3 Å². The number of urea groups is 1. The fourth-order valence-electron chi connectivity index (χ4n) is 2.98. The van der Waals surface area contributed by atoms with Crippen LogP contribution in [0.25, 0.3) is 0 Å². The second kappa shape index (κ2) is 9.75. The van der Waals surface area contributed by atoms with Gasteiger partial charge in [0.05, 0.1) is 6.10 Å². The van der Waals surface area contributed by atoms with Gasteiger partial charge in [-0.1, -0.05) is 19.1 Å². The molecule has 0 aromatic heterocycles. The molecule has 1 aliphatic rings. The third-order valence-electron chi connectivity index (χ3n) is 4.74. The van der Waals surface area contributed by atoms with Crippen LogP contribution in [0.2, 0.25) is 0 Å². The Morgan fingerprint density at radius 2 is 1.96 bits per heavy atom. The van der Waals surface area contributed by atoms with Gasteiger partial charge in [-0.3, -0.25) is 0 Å². The Bertz CT molecular complexity index is 544. The lowest BCUT2D eigenvalue weighted by atomic mass is 10.1. The normalized spacial score (nSPS) is 18.6. The lowest BCUT2D eigenvalue weighted by molar-refractivity contribution is 0.119. The molecule has 1 saturated heterocycles. The molecule has 6 nitrogen and oxygen atoms in total. The lowest BCUT2D eigenvalue weighted by Crippen LogP contribution is -2.47. The van der Waals surface area contributed by atoms with Crippen molar-refractivity contribution in [3.05, 3.63) is 29.8 Å². The van der Waals surface area contributed by atoms with Gasteiger partial charge in [0.25, 0.3) is 0 Å². The molecule has 1 aromatic rings. The van der Waals surface area contributed by atoms with E-state index in [2.05, 4.69) is 34.4 Å². The molecule has 2 amide bonds.